The Morgan fingerprint density at radius 3 is 2.85 bits per heavy atom. The highest BCUT2D eigenvalue weighted by molar-refractivity contribution is 7.99. The number of nitrogen functional groups attached to an aromatic ring is 1. The Bertz CT molecular complexity index is 945. The molecule has 0 aliphatic carbocycles. The van der Waals surface area contributed by atoms with Gasteiger partial charge in [-0.1, -0.05) is 23.4 Å². The lowest BCUT2D eigenvalue weighted by atomic mass is 9.91. The van der Waals surface area contributed by atoms with E-state index in [2.05, 4.69) is 38.1 Å². The number of piperidine rings is 1. The maximum absolute atomic E-state index is 6.23. The van der Waals surface area contributed by atoms with Crippen molar-refractivity contribution in [1.29, 1.82) is 0 Å². The second-order valence-corrected chi connectivity index (χ2v) is 8.28. The maximum atomic E-state index is 6.23. The summed E-state index contributed by atoms with van der Waals surface area (Å²) in [4.78, 5) is 11.7. The van der Waals surface area contributed by atoms with Crippen molar-refractivity contribution < 1.29 is 0 Å². The molecule has 3 aromatic heterocycles. The molecule has 0 aromatic carbocycles. The van der Waals surface area contributed by atoms with Crippen LogP contribution in [0.1, 0.15) is 19.8 Å². The van der Waals surface area contributed by atoms with Crippen LogP contribution in [0.3, 0.4) is 0 Å². The summed E-state index contributed by atoms with van der Waals surface area (Å²) in [5.74, 6) is 0.309. The molecule has 1 saturated heterocycles. The molecule has 0 bridgehead atoms. The number of hydrogen-bond acceptors (Lipinski definition) is 7. The van der Waals surface area contributed by atoms with Crippen LogP contribution in [0.5, 0.6) is 0 Å². The third kappa shape index (κ3) is 3.32. The lowest BCUT2D eigenvalue weighted by Crippen LogP contribution is -2.48. The van der Waals surface area contributed by atoms with Gasteiger partial charge in [0.1, 0.15) is 16.4 Å². The van der Waals surface area contributed by atoms with Crippen LogP contribution in [0.4, 0.5) is 11.5 Å². The monoisotopic (exact) mass is 389 g/mol. The van der Waals surface area contributed by atoms with Crippen LogP contribution in [0.25, 0.3) is 11.0 Å². The number of anilines is 2. The van der Waals surface area contributed by atoms with Crippen molar-refractivity contribution in [1.82, 2.24) is 20.2 Å². The van der Waals surface area contributed by atoms with E-state index < -0.39 is 0 Å². The molecular weight excluding hydrogens is 370 g/mol. The van der Waals surface area contributed by atoms with Gasteiger partial charge < -0.3 is 16.4 Å². The first-order chi connectivity index (χ1) is 12.4. The molecule has 0 spiro atoms. The van der Waals surface area contributed by atoms with Crippen molar-refractivity contribution in [2.24, 2.45) is 5.73 Å². The molecule has 7 nitrogen and oxygen atoms in total. The first kappa shape index (κ1) is 17.4. The average molecular weight is 390 g/mol. The van der Waals surface area contributed by atoms with Gasteiger partial charge in [-0.3, -0.25) is 5.10 Å². The number of nitrogens with one attached hydrogen (secondary N) is 1. The number of hydrogen-bond donors (Lipinski definition) is 3. The number of rotatable bonds is 3. The molecule has 4 rings (SSSR count). The molecule has 4 heterocycles. The summed E-state index contributed by atoms with van der Waals surface area (Å²) in [5.41, 5.74) is 14.7. The van der Waals surface area contributed by atoms with Crippen LogP contribution in [-0.4, -0.2) is 38.8 Å². The second kappa shape index (κ2) is 6.61. The Morgan fingerprint density at radius 1 is 1.31 bits per heavy atom. The first-order valence-corrected chi connectivity index (χ1v) is 9.58. The summed E-state index contributed by atoms with van der Waals surface area (Å²) >= 11 is 7.65. The van der Waals surface area contributed by atoms with Gasteiger partial charge in [-0.25, -0.2) is 9.97 Å². The summed E-state index contributed by atoms with van der Waals surface area (Å²) < 4.78 is 0. The molecule has 1 aliphatic heterocycles. The van der Waals surface area contributed by atoms with Gasteiger partial charge in [0.15, 0.2) is 0 Å². The van der Waals surface area contributed by atoms with Crippen LogP contribution in [0.2, 0.25) is 5.02 Å². The topological polar surface area (TPSA) is 110 Å². The van der Waals surface area contributed by atoms with Crippen molar-refractivity contribution >= 4 is 45.9 Å². The maximum Gasteiger partial charge on any atom is 0.149 e. The third-order valence-corrected chi connectivity index (χ3v) is 6.26. The molecule has 0 amide bonds. The van der Waals surface area contributed by atoms with E-state index in [0.717, 1.165) is 52.6 Å². The molecular formula is C17H20ClN7S. The van der Waals surface area contributed by atoms with Gasteiger partial charge in [0.25, 0.3) is 0 Å². The number of aromatic nitrogens is 4. The van der Waals surface area contributed by atoms with Crippen molar-refractivity contribution in [3.05, 3.63) is 29.5 Å². The number of pyridine rings is 2. The van der Waals surface area contributed by atoms with Gasteiger partial charge in [0, 0.05) is 29.7 Å². The van der Waals surface area contributed by atoms with Crippen LogP contribution in [0, 0.1) is 0 Å². The van der Waals surface area contributed by atoms with Crippen molar-refractivity contribution in [3.63, 3.8) is 0 Å². The highest BCUT2D eigenvalue weighted by atomic mass is 35.5. The fourth-order valence-electron chi connectivity index (χ4n) is 3.02. The fraction of sp³-hybridized carbons (Fsp3) is 0.353. The predicted octanol–water partition coefficient (Wildman–Crippen LogP) is 3.06. The van der Waals surface area contributed by atoms with Gasteiger partial charge in [0.05, 0.1) is 22.4 Å². The molecule has 0 radical (unpaired) electrons. The number of fused-ring (bicyclic) bond motifs is 1. The summed E-state index contributed by atoms with van der Waals surface area (Å²) in [6.45, 7) is 3.98. The van der Waals surface area contributed by atoms with Gasteiger partial charge in [0.2, 0.25) is 0 Å². The van der Waals surface area contributed by atoms with Crippen molar-refractivity contribution in [2.75, 3.05) is 23.7 Å². The molecule has 1 fully saturated rings. The van der Waals surface area contributed by atoms with E-state index in [1.807, 2.05) is 12.3 Å². The van der Waals surface area contributed by atoms with E-state index in [-0.39, 0.29) is 5.54 Å². The van der Waals surface area contributed by atoms with Crippen LogP contribution in [0.15, 0.2) is 34.4 Å². The van der Waals surface area contributed by atoms with E-state index in [4.69, 9.17) is 23.1 Å². The SMILES string of the molecule is CC1(N)CCN(c2cnc3c(Sc4ccnc(N)c4Cl)n[nH]c3c2)CC1. The second-order valence-electron chi connectivity index (χ2n) is 6.87. The van der Waals surface area contributed by atoms with Crippen molar-refractivity contribution in [2.45, 2.75) is 35.2 Å². The number of H-pyrrole nitrogens is 1. The zero-order valence-corrected chi connectivity index (χ0v) is 15.9. The van der Waals surface area contributed by atoms with Crippen LogP contribution in [-0.2, 0) is 0 Å². The largest absolute Gasteiger partial charge is 0.382 e. The summed E-state index contributed by atoms with van der Waals surface area (Å²) in [6, 6.07) is 3.90. The molecule has 0 unspecified atom stereocenters. The quantitative estimate of drug-likeness (QED) is 0.631. The first-order valence-electron chi connectivity index (χ1n) is 8.39. The average Bonchev–Trinajstić information content (AvgIpc) is 3.01. The molecule has 136 valence electrons. The van der Waals surface area contributed by atoms with Crippen LogP contribution < -0.4 is 16.4 Å². The minimum Gasteiger partial charge on any atom is -0.382 e. The van der Waals surface area contributed by atoms with E-state index in [1.165, 1.54) is 11.8 Å². The lowest BCUT2D eigenvalue weighted by Gasteiger charge is -2.37. The summed E-state index contributed by atoms with van der Waals surface area (Å²) in [6.07, 6.45) is 5.46. The smallest absolute Gasteiger partial charge is 0.149 e. The third-order valence-electron chi connectivity index (χ3n) is 4.71. The number of nitrogens with zero attached hydrogens (tertiary/aromatic N) is 4. The Kier molecular flexibility index (Phi) is 4.42. The number of nitrogens with two attached hydrogens (primary N) is 2. The van der Waals surface area contributed by atoms with Crippen LogP contribution >= 0.6 is 23.4 Å². The normalized spacial score (nSPS) is 17.0. The standard InChI is InChI=1S/C17H20ClN7S/c1-17(20)3-6-25(7-4-17)10-8-11-14(22-9-10)16(24-23-11)26-12-2-5-21-15(19)13(12)18/h2,5,8-9H,3-4,6-7,20H2,1H3,(H2,19,21)(H,23,24). The van der Waals surface area contributed by atoms with E-state index in [1.54, 1.807) is 6.20 Å². The Labute approximate surface area is 160 Å². The molecule has 26 heavy (non-hydrogen) atoms. The Balaban J connectivity index is 1.59. The van der Waals surface area contributed by atoms with E-state index in [0.29, 0.717) is 10.8 Å². The fourth-order valence-corrected chi connectivity index (χ4v) is 4.13. The van der Waals surface area contributed by atoms with Crippen molar-refractivity contribution in [3.8, 4) is 0 Å². The predicted molar refractivity (Wildman–Crippen MR) is 106 cm³/mol. The Hall–Kier alpha value is -2.03. The summed E-state index contributed by atoms with van der Waals surface area (Å²) in [7, 11) is 0. The van der Waals surface area contributed by atoms with E-state index >= 15 is 0 Å². The molecule has 0 atom stereocenters. The minimum atomic E-state index is -0.0719. The highest BCUT2D eigenvalue weighted by Crippen LogP contribution is 2.37. The Morgan fingerprint density at radius 2 is 2.08 bits per heavy atom. The molecule has 1 aliphatic rings. The minimum absolute atomic E-state index is 0.0719. The number of aromatic amines is 1. The van der Waals surface area contributed by atoms with E-state index in [9.17, 15) is 0 Å². The molecule has 0 saturated carbocycles. The molecule has 3 aromatic rings. The number of halogens is 1. The molecule has 9 heteroatoms. The zero-order chi connectivity index (χ0) is 18.3. The highest BCUT2D eigenvalue weighted by Gasteiger charge is 2.26. The molecule has 5 N–H and O–H groups in total. The van der Waals surface area contributed by atoms with Gasteiger partial charge in [-0.2, -0.15) is 5.10 Å². The zero-order valence-electron chi connectivity index (χ0n) is 14.4. The lowest BCUT2D eigenvalue weighted by molar-refractivity contribution is 0.364. The van der Waals surface area contributed by atoms with Gasteiger partial charge >= 0.3 is 0 Å². The van der Waals surface area contributed by atoms with Gasteiger partial charge in [-0.05, 0) is 31.9 Å². The van der Waals surface area contributed by atoms with Gasteiger partial charge in [-0.15, -0.1) is 0 Å². The summed E-state index contributed by atoms with van der Waals surface area (Å²) in [5, 5.41) is 8.64.